The van der Waals surface area contributed by atoms with E-state index in [1.165, 1.54) is 7.11 Å². The second-order valence-corrected chi connectivity index (χ2v) is 3.97. The molecule has 4 nitrogen and oxygen atoms in total. The molecule has 94 valence electrons. The van der Waals surface area contributed by atoms with Gasteiger partial charge in [0.15, 0.2) is 0 Å². The Bertz CT molecular complexity index is 390. The normalized spacial score (nSPS) is 12.0. The number of carbonyl (C=O) groups is 1. The van der Waals surface area contributed by atoms with Crippen LogP contribution in [0, 0.1) is 6.92 Å². The van der Waals surface area contributed by atoms with E-state index in [0.717, 1.165) is 11.3 Å². The van der Waals surface area contributed by atoms with Gasteiger partial charge in [-0.05, 0) is 31.5 Å². The molecule has 0 aliphatic rings. The fourth-order valence-corrected chi connectivity index (χ4v) is 1.68. The Labute approximate surface area is 102 Å². The van der Waals surface area contributed by atoms with Crippen LogP contribution in [0.2, 0.25) is 0 Å². The molecule has 0 saturated carbocycles. The van der Waals surface area contributed by atoms with Gasteiger partial charge in [0.25, 0.3) is 0 Å². The number of carbonyl (C=O) groups excluding carboxylic acids is 1. The van der Waals surface area contributed by atoms with Crippen molar-refractivity contribution in [2.75, 3.05) is 26.1 Å². The second-order valence-electron chi connectivity index (χ2n) is 3.97. The first kappa shape index (κ1) is 13.5. The molecule has 1 aromatic rings. The molecule has 1 unspecified atom stereocenters. The van der Waals surface area contributed by atoms with E-state index in [-0.39, 0.29) is 12.0 Å². The first-order valence-electron chi connectivity index (χ1n) is 5.53. The van der Waals surface area contributed by atoms with Crippen molar-refractivity contribution < 1.29 is 14.3 Å². The standard InChI is InChI=1S/C13H19NO3/c1-9(8-16-3)14-12-7-5-6-11(10(12)2)13(15)17-4/h5-7,9,14H,8H2,1-4H3. The molecular formula is C13H19NO3. The zero-order valence-corrected chi connectivity index (χ0v) is 10.7. The molecule has 17 heavy (non-hydrogen) atoms. The van der Waals surface area contributed by atoms with Gasteiger partial charge in [-0.15, -0.1) is 0 Å². The third kappa shape index (κ3) is 3.46. The van der Waals surface area contributed by atoms with E-state index in [1.807, 2.05) is 26.0 Å². The van der Waals surface area contributed by atoms with Gasteiger partial charge in [-0.1, -0.05) is 6.07 Å². The summed E-state index contributed by atoms with van der Waals surface area (Å²) in [5.41, 5.74) is 2.40. The number of hydrogen-bond acceptors (Lipinski definition) is 4. The predicted molar refractivity (Wildman–Crippen MR) is 67.5 cm³/mol. The van der Waals surface area contributed by atoms with Gasteiger partial charge in [0, 0.05) is 18.8 Å². The molecule has 0 amide bonds. The van der Waals surface area contributed by atoms with E-state index in [2.05, 4.69) is 5.32 Å². The largest absolute Gasteiger partial charge is 0.465 e. The molecule has 1 N–H and O–H groups in total. The smallest absolute Gasteiger partial charge is 0.338 e. The summed E-state index contributed by atoms with van der Waals surface area (Å²) >= 11 is 0. The second kappa shape index (κ2) is 6.25. The number of anilines is 1. The lowest BCUT2D eigenvalue weighted by atomic mass is 10.1. The van der Waals surface area contributed by atoms with Gasteiger partial charge in [-0.3, -0.25) is 0 Å². The average Bonchev–Trinajstić information content (AvgIpc) is 2.31. The number of hydrogen-bond donors (Lipinski definition) is 1. The Balaban J connectivity index is 2.90. The summed E-state index contributed by atoms with van der Waals surface area (Å²) in [5, 5.41) is 3.30. The van der Waals surface area contributed by atoms with Gasteiger partial charge in [0.05, 0.1) is 19.3 Å². The maximum atomic E-state index is 11.5. The van der Waals surface area contributed by atoms with E-state index >= 15 is 0 Å². The summed E-state index contributed by atoms with van der Waals surface area (Å²) < 4.78 is 9.79. The molecule has 0 radical (unpaired) electrons. The highest BCUT2D eigenvalue weighted by Gasteiger charge is 2.12. The van der Waals surface area contributed by atoms with Crippen LogP contribution < -0.4 is 5.32 Å². The lowest BCUT2D eigenvalue weighted by Crippen LogP contribution is -2.21. The SMILES string of the molecule is COCC(C)Nc1cccc(C(=O)OC)c1C. The van der Waals surface area contributed by atoms with Gasteiger partial charge >= 0.3 is 5.97 Å². The minimum absolute atomic E-state index is 0.187. The highest BCUT2D eigenvalue weighted by Crippen LogP contribution is 2.20. The van der Waals surface area contributed by atoms with Crippen LogP contribution in [-0.4, -0.2) is 32.8 Å². The molecule has 0 saturated heterocycles. The molecule has 0 aliphatic heterocycles. The first-order valence-corrected chi connectivity index (χ1v) is 5.53. The molecule has 0 aromatic heterocycles. The summed E-state index contributed by atoms with van der Waals surface area (Å²) in [7, 11) is 3.05. The number of methoxy groups -OCH3 is 2. The Morgan fingerprint density at radius 2 is 2.12 bits per heavy atom. The molecule has 1 aromatic carbocycles. The number of ether oxygens (including phenoxy) is 2. The van der Waals surface area contributed by atoms with Crippen LogP contribution in [0.5, 0.6) is 0 Å². The predicted octanol–water partition coefficient (Wildman–Crippen LogP) is 2.23. The van der Waals surface area contributed by atoms with E-state index in [4.69, 9.17) is 9.47 Å². The van der Waals surface area contributed by atoms with Crippen LogP contribution in [0.15, 0.2) is 18.2 Å². The molecule has 1 rings (SSSR count). The lowest BCUT2D eigenvalue weighted by molar-refractivity contribution is 0.0600. The van der Waals surface area contributed by atoms with Gasteiger partial charge in [-0.25, -0.2) is 4.79 Å². The highest BCUT2D eigenvalue weighted by atomic mass is 16.5. The molecular weight excluding hydrogens is 218 g/mol. The van der Waals surface area contributed by atoms with Gasteiger partial charge in [-0.2, -0.15) is 0 Å². The first-order chi connectivity index (χ1) is 8.10. The van der Waals surface area contributed by atoms with Gasteiger partial charge in [0.1, 0.15) is 0 Å². The zero-order chi connectivity index (χ0) is 12.8. The molecule has 0 bridgehead atoms. The van der Waals surface area contributed by atoms with Crippen LogP contribution >= 0.6 is 0 Å². The summed E-state index contributed by atoms with van der Waals surface area (Å²) in [6, 6.07) is 5.72. The lowest BCUT2D eigenvalue weighted by Gasteiger charge is -2.17. The Hall–Kier alpha value is -1.55. The summed E-state index contributed by atoms with van der Waals surface area (Å²) in [6.07, 6.45) is 0. The number of esters is 1. The van der Waals surface area contributed by atoms with E-state index < -0.39 is 0 Å². The zero-order valence-electron chi connectivity index (χ0n) is 10.7. The van der Waals surface area contributed by atoms with Crippen molar-refractivity contribution in [2.45, 2.75) is 19.9 Å². The Morgan fingerprint density at radius 3 is 2.71 bits per heavy atom. The molecule has 1 atom stereocenters. The third-order valence-electron chi connectivity index (χ3n) is 2.56. The van der Waals surface area contributed by atoms with Crippen molar-refractivity contribution in [2.24, 2.45) is 0 Å². The number of benzene rings is 1. The fraction of sp³-hybridized carbons (Fsp3) is 0.462. The molecule has 0 fully saturated rings. The van der Waals surface area contributed by atoms with E-state index in [9.17, 15) is 4.79 Å². The van der Waals surface area contributed by atoms with Gasteiger partial charge < -0.3 is 14.8 Å². The fourth-order valence-electron chi connectivity index (χ4n) is 1.68. The number of rotatable bonds is 5. The monoisotopic (exact) mass is 237 g/mol. The highest BCUT2D eigenvalue weighted by molar-refractivity contribution is 5.92. The van der Waals surface area contributed by atoms with Crippen molar-refractivity contribution >= 4 is 11.7 Å². The average molecular weight is 237 g/mol. The minimum atomic E-state index is -0.314. The van der Waals surface area contributed by atoms with Crippen molar-refractivity contribution in [3.8, 4) is 0 Å². The van der Waals surface area contributed by atoms with Crippen LogP contribution in [-0.2, 0) is 9.47 Å². The van der Waals surface area contributed by atoms with Crippen LogP contribution in [0.1, 0.15) is 22.8 Å². The minimum Gasteiger partial charge on any atom is -0.465 e. The van der Waals surface area contributed by atoms with Crippen LogP contribution in [0.3, 0.4) is 0 Å². The van der Waals surface area contributed by atoms with Crippen molar-refractivity contribution in [1.29, 1.82) is 0 Å². The molecule has 0 spiro atoms. The number of nitrogens with one attached hydrogen (secondary N) is 1. The maximum absolute atomic E-state index is 11.5. The van der Waals surface area contributed by atoms with Crippen molar-refractivity contribution in [3.05, 3.63) is 29.3 Å². The topological polar surface area (TPSA) is 47.6 Å². The Morgan fingerprint density at radius 1 is 1.41 bits per heavy atom. The van der Waals surface area contributed by atoms with E-state index in [1.54, 1.807) is 13.2 Å². The van der Waals surface area contributed by atoms with E-state index in [0.29, 0.717) is 12.2 Å². The summed E-state index contributed by atoms with van der Waals surface area (Å²) in [4.78, 5) is 11.5. The Kier molecular flexibility index (Phi) is 4.97. The van der Waals surface area contributed by atoms with Crippen molar-refractivity contribution in [1.82, 2.24) is 0 Å². The molecule has 0 heterocycles. The summed E-state index contributed by atoms with van der Waals surface area (Å²) in [5.74, 6) is -0.314. The summed E-state index contributed by atoms with van der Waals surface area (Å²) in [6.45, 7) is 4.53. The van der Waals surface area contributed by atoms with Crippen molar-refractivity contribution in [3.63, 3.8) is 0 Å². The third-order valence-corrected chi connectivity index (χ3v) is 2.56. The van der Waals surface area contributed by atoms with Crippen LogP contribution in [0.4, 0.5) is 5.69 Å². The van der Waals surface area contributed by atoms with Crippen LogP contribution in [0.25, 0.3) is 0 Å². The quantitative estimate of drug-likeness (QED) is 0.798. The maximum Gasteiger partial charge on any atom is 0.338 e. The van der Waals surface area contributed by atoms with Gasteiger partial charge in [0.2, 0.25) is 0 Å². The molecule has 0 aliphatic carbocycles. The molecule has 4 heteroatoms.